The Labute approximate surface area is 246 Å². The highest BCUT2D eigenvalue weighted by atomic mass is 16.5. The van der Waals surface area contributed by atoms with Crippen molar-refractivity contribution in [1.29, 1.82) is 0 Å². The van der Waals surface area contributed by atoms with Gasteiger partial charge in [-0.05, 0) is 60.6 Å². The van der Waals surface area contributed by atoms with Crippen LogP contribution in [0.15, 0.2) is 85.1 Å². The van der Waals surface area contributed by atoms with E-state index in [9.17, 15) is 4.79 Å². The summed E-state index contributed by atoms with van der Waals surface area (Å²) in [5, 5.41) is 13.8. The van der Waals surface area contributed by atoms with Crippen LogP contribution >= 0.6 is 0 Å². The normalized spacial score (nSPS) is 15.1. The predicted octanol–water partition coefficient (Wildman–Crippen LogP) is 5.01. The lowest BCUT2D eigenvalue weighted by Gasteiger charge is -2.37. The standard InChI is InChI=1S/C34H37N6O2/c1-42-29-14-11-26(12-15-29)23-40-33(16-13-25-7-3-2-4-8-25)37-38-34(40)32(39-19-17-28(18-20-39)36-24-41)21-27-22-35-31-10-6-5-9-30(27)31/h2-12,14-15,22,28,32,35H,13,16-21,23H2,1H3,(H,36,41)/t32-/m1/s1. The van der Waals surface area contributed by atoms with Gasteiger partial charge < -0.3 is 19.6 Å². The largest absolute Gasteiger partial charge is 0.497 e. The molecule has 0 bridgehead atoms. The van der Waals surface area contributed by atoms with E-state index in [1.807, 2.05) is 18.5 Å². The molecule has 1 fully saturated rings. The molecule has 3 heterocycles. The van der Waals surface area contributed by atoms with Crippen LogP contribution < -0.4 is 10.1 Å². The molecule has 0 unspecified atom stereocenters. The van der Waals surface area contributed by atoms with Gasteiger partial charge in [-0.2, -0.15) is 0 Å². The lowest BCUT2D eigenvalue weighted by atomic mass is 9.98. The van der Waals surface area contributed by atoms with Crippen molar-refractivity contribution < 1.29 is 9.53 Å². The van der Waals surface area contributed by atoms with Gasteiger partial charge in [-0.15, -0.1) is 10.2 Å². The van der Waals surface area contributed by atoms with Gasteiger partial charge in [0, 0.05) is 42.7 Å². The number of hydrogen-bond acceptors (Lipinski definition) is 5. The SMILES string of the molecule is COc1ccc(Cn2c(CCc3ccccc3)nnc2[C@@H](Cc2c[nH]c3ccccc23)N2CCC(N[C]=O)CC2)cc1. The molecule has 1 aliphatic heterocycles. The molecule has 0 saturated carbocycles. The maximum absolute atomic E-state index is 11.0. The number of para-hydroxylation sites is 1. The fraction of sp³-hybridized carbons (Fsp3) is 0.324. The second kappa shape index (κ2) is 13.0. The first-order chi connectivity index (χ1) is 20.7. The molecule has 1 radical (unpaired) electrons. The Morgan fingerprint density at radius 3 is 2.48 bits per heavy atom. The number of aryl methyl sites for hydroxylation is 2. The number of aromatic nitrogens is 4. The number of aromatic amines is 1. The fourth-order valence-electron chi connectivity index (χ4n) is 6.10. The lowest BCUT2D eigenvalue weighted by molar-refractivity contribution is 0.139. The van der Waals surface area contributed by atoms with Crippen LogP contribution in [-0.4, -0.2) is 57.3 Å². The third kappa shape index (κ3) is 6.24. The Bertz CT molecular complexity index is 1590. The van der Waals surface area contributed by atoms with Crippen molar-refractivity contribution in [1.82, 2.24) is 30.0 Å². The maximum atomic E-state index is 11.0. The molecule has 3 aromatic carbocycles. The number of methoxy groups -OCH3 is 1. The van der Waals surface area contributed by atoms with Gasteiger partial charge in [-0.3, -0.25) is 9.69 Å². The summed E-state index contributed by atoms with van der Waals surface area (Å²) in [5.41, 5.74) is 4.86. The van der Waals surface area contributed by atoms with Crippen LogP contribution in [0, 0.1) is 0 Å². The molecule has 8 nitrogen and oxygen atoms in total. The Morgan fingerprint density at radius 2 is 1.71 bits per heavy atom. The van der Waals surface area contributed by atoms with Gasteiger partial charge in [0.2, 0.25) is 0 Å². The molecule has 5 aromatic rings. The zero-order chi connectivity index (χ0) is 28.7. The number of H-pyrrole nitrogens is 1. The Balaban J connectivity index is 1.36. The number of hydrogen-bond donors (Lipinski definition) is 2. The van der Waals surface area contributed by atoms with Crippen molar-refractivity contribution in [3.63, 3.8) is 0 Å². The number of fused-ring (bicyclic) bond motifs is 1. The highest BCUT2D eigenvalue weighted by molar-refractivity contribution is 5.83. The summed E-state index contributed by atoms with van der Waals surface area (Å²) in [5.74, 6) is 2.81. The number of amides is 1. The summed E-state index contributed by atoms with van der Waals surface area (Å²) in [6.45, 7) is 2.40. The number of benzene rings is 3. The number of carbonyl (C=O) groups excluding carboxylic acids is 1. The highest BCUT2D eigenvalue weighted by Gasteiger charge is 2.31. The Hall–Kier alpha value is -4.43. The molecule has 0 aliphatic carbocycles. The van der Waals surface area contributed by atoms with E-state index in [2.05, 4.69) is 92.7 Å². The van der Waals surface area contributed by atoms with Crippen LogP contribution in [0.3, 0.4) is 0 Å². The summed E-state index contributed by atoms with van der Waals surface area (Å²) in [7, 11) is 1.69. The fourth-order valence-corrected chi connectivity index (χ4v) is 6.10. The van der Waals surface area contributed by atoms with Crippen molar-refractivity contribution in [2.24, 2.45) is 0 Å². The Morgan fingerprint density at radius 1 is 0.952 bits per heavy atom. The van der Waals surface area contributed by atoms with Crippen LogP contribution in [0.5, 0.6) is 5.75 Å². The van der Waals surface area contributed by atoms with E-state index in [0.29, 0.717) is 6.54 Å². The van der Waals surface area contributed by atoms with Gasteiger partial charge in [0.25, 0.3) is 0 Å². The molecule has 42 heavy (non-hydrogen) atoms. The second-order valence-corrected chi connectivity index (χ2v) is 11.0. The van der Waals surface area contributed by atoms with E-state index in [-0.39, 0.29) is 12.1 Å². The van der Waals surface area contributed by atoms with E-state index in [1.54, 1.807) is 7.11 Å². The van der Waals surface area contributed by atoms with Crippen LogP contribution in [0.1, 0.15) is 47.2 Å². The van der Waals surface area contributed by atoms with Gasteiger partial charge in [0.1, 0.15) is 11.6 Å². The number of nitrogens with zero attached hydrogens (tertiary/aromatic N) is 4. The number of nitrogens with one attached hydrogen (secondary N) is 2. The first-order valence-electron chi connectivity index (χ1n) is 14.7. The molecule has 6 rings (SSSR count). The maximum Gasteiger partial charge on any atom is 0.309 e. The van der Waals surface area contributed by atoms with Crippen LogP contribution in [-0.2, 0) is 30.6 Å². The van der Waals surface area contributed by atoms with Crippen LogP contribution in [0.4, 0.5) is 0 Å². The molecule has 1 atom stereocenters. The minimum absolute atomic E-state index is 0.0293. The average molecular weight is 562 g/mol. The van der Waals surface area contributed by atoms with E-state index in [0.717, 1.165) is 68.1 Å². The molecule has 2 aromatic heterocycles. The van der Waals surface area contributed by atoms with Gasteiger partial charge >= 0.3 is 6.41 Å². The smallest absolute Gasteiger partial charge is 0.309 e. The summed E-state index contributed by atoms with van der Waals surface area (Å²) >= 11 is 0. The van der Waals surface area contributed by atoms with Gasteiger partial charge in [-0.1, -0.05) is 60.7 Å². The number of piperidine rings is 1. The summed E-state index contributed by atoms with van der Waals surface area (Å²) in [4.78, 5) is 17.0. The number of likely N-dealkylation sites (tertiary alicyclic amines) is 1. The molecule has 2 N–H and O–H groups in total. The molecular formula is C34H37N6O2. The third-order valence-electron chi connectivity index (χ3n) is 8.46. The van der Waals surface area contributed by atoms with E-state index in [4.69, 9.17) is 14.9 Å². The summed E-state index contributed by atoms with van der Waals surface area (Å²) in [6, 6.07) is 27.4. The third-order valence-corrected chi connectivity index (χ3v) is 8.46. The first-order valence-corrected chi connectivity index (χ1v) is 14.7. The molecule has 1 saturated heterocycles. The first kappa shape index (κ1) is 27.7. The lowest BCUT2D eigenvalue weighted by Crippen LogP contribution is -2.44. The zero-order valence-corrected chi connectivity index (χ0v) is 24.0. The average Bonchev–Trinajstić information content (AvgIpc) is 3.64. The second-order valence-electron chi connectivity index (χ2n) is 11.0. The summed E-state index contributed by atoms with van der Waals surface area (Å²) < 4.78 is 7.73. The number of ether oxygens (including phenoxy) is 1. The molecular weight excluding hydrogens is 524 g/mol. The van der Waals surface area contributed by atoms with Gasteiger partial charge in [-0.25, -0.2) is 0 Å². The van der Waals surface area contributed by atoms with Crippen molar-refractivity contribution in [2.75, 3.05) is 20.2 Å². The monoisotopic (exact) mass is 561 g/mol. The van der Waals surface area contributed by atoms with E-state index < -0.39 is 0 Å². The van der Waals surface area contributed by atoms with Crippen molar-refractivity contribution in [3.8, 4) is 5.75 Å². The minimum Gasteiger partial charge on any atom is -0.497 e. The van der Waals surface area contributed by atoms with Crippen LogP contribution in [0.2, 0.25) is 0 Å². The minimum atomic E-state index is 0.0293. The quantitative estimate of drug-likeness (QED) is 0.209. The highest BCUT2D eigenvalue weighted by Crippen LogP contribution is 2.31. The zero-order valence-electron chi connectivity index (χ0n) is 24.0. The van der Waals surface area contributed by atoms with Crippen molar-refractivity contribution >= 4 is 17.3 Å². The van der Waals surface area contributed by atoms with Crippen molar-refractivity contribution in [2.45, 2.75) is 50.7 Å². The Kier molecular flexibility index (Phi) is 8.61. The van der Waals surface area contributed by atoms with Crippen LogP contribution in [0.25, 0.3) is 10.9 Å². The molecule has 8 heteroatoms. The summed E-state index contributed by atoms with van der Waals surface area (Å²) in [6.07, 6.45) is 8.29. The van der Waals surface area contributed by atoms with Gasteiger partial charge in [0.05, 0.1) is 19.7 Å². The van der Waals surface area contributed by atoms with Gasteiger partial charge in [0.15, 0.2) is 5.82 Å². The molecule has 1 amide bonds. The van der Waals surface area contributed by atoms with E-state index >= 15 is 0 Å². The van der Waals surface area contributed by atoms with E-state index in [1.165, 1.54) is 22.1 Å². The molecule has 1 aliphatic rings. The molecule has 215 valence electrons. The molecule has 0 spiro atoms. The topological polar surface area (TPSA) is 88.1 Å². The number of rotatable bonds is 12. The van der Waals surface area contributed by atoms with Crippen molar-refractivity contribution in [3.05, 3.63) is 113 Å². The predicted molar refractivity (Wildman–Crippen MR) is 164 cm³/mol.